The van der Waals surface area contributed by atoms with E-state index < -0.39 is 0 Å². The Hall–Kier alpha value is -1.41. The Labute approximate surface area is 118 Å². The normalized spacial score (nSPS) is 10.2. The van der Waals surface area contributed by atoms with Crippen molar-refractivity contribution < 1.29 is 9.47 Å². The Kier molecular flexibility index (Phi) is 4.32. The summed E-state index contributed by atoms with van der Waals surface area (Å²) < 4.78 is 11.7. The zero-order valence-corrected chi connectivity index (χ0v) is 11.9. The molecule has 0 saturated carbocycles. The Morgan fingerprint density at radius 1 is 1.28 bits per heavy atom. The van der Waals surface area contributed by atoms with Crippen LogP contribution in [0.25, 0.3) is 0 Å². The summed E-state index contributed by atoms with van der Waals surface area (Å²) >= 11 is 2.12. The van der Waals surface area contributed by atoms with Crippen LogP contribution in [-0.2, 0) is 6.54 Å². The maximum atomic E-state index is 5.70. The van der Waals surface area contributed by atoms with Gasteiger partial charge in [-0.15, -0.1) is 0 Å². The summed E-state index contributed by atoms with van der Waals surface area (Å²) in [5, 5.41) is 0. The average Bonchev–Trinajstić information content (AvgIpc) is 2.41. The molecule has 0 fully saturated rings. The van der Waals surface area contributed by atoms with Gasteiger partial charge in [0.05, 0.1) is 10.7 Å². The molecule has 0 amide bonds. The molecule has 2 N–H and O–H groups in total. The fraction of sp³-hybridized carbons (Fsp3) is 0.167. The van der Waals surface area contributed by atoms with Crippen LogP contribution in [0, 0.1) is 3.57 Å². The number of rotatable bonds is 4. The van der Waals surface area contributed by atoms with Gasteiger partial charge in [-0.05, 0) is 40.3 Å². The first kappa shape index (κ1) is 13.0. The molecule has 2 rings (SSSR count). The van der Waals surface area contributed by atoms with Gasteiger partial charge in [0.15, 0.2) is 0 Å². The predicted octanol–water partition coefficient (Wildman–Crippen LogP) is 2.34. The van der Waals surface area contributed by atoms with E-state index in [1.165, 1.54) is 6.33 Å². The first-order chi connectivity index (χ1) is 8.72. The van der Waals surface area contributed by atoms with Crippen molar-refractivity contribution in [3.63, 3.8) is 0 Å². The second-order valence-electron chi connectivity index (χ2n) is 3.50. The van der Waals surface area contributed by atoms with Gasteiger partial charge in [0.1, 0.15) is 17.8 Å². The summed E-state index contributed by atoms with van der Waals surface area (Å²) in [6.07, 6.45) is 3.13. The maximum Gasteiger partial charge on any atom is 0.235 e. The van der Waals surface area contributed by atoms with E-state index in [4.69, 9.17) is 15.2 Å². The second kappa shape index (κ2) is 5.96. The molecule has 0 aliphatic heterocycles. The van der Waals surface area contributed by atoms with Crippen molar-refractivity contribution in [1.29, 1.82) is 0 Å². The van der Waals surface area contributed by atoms with Gasteiger partial charge in [0.2, 0.25) is 5.88 Å². The SMILES string of the molecule is COc1cc(CN)cc(Oc2ncncc2I)c1. The van der Waals surface area contributed by atoms with Crippen LogP contribution in [0.4, 0.5) is 0 Å². The molecule has 1 aromatic carbocycles. The number of halogens is 1. The van der Waals surface area contributed by atoms with E-state index in [1.54, 1.807) is 19.4 Å². The van der Waals surface area contributed by atoms with Crippen molar-refractivity contribution in [3.05, 3.63) is 39.9 Å². The highest BCUT2D eigenvalue weighted by molar-refractivity contribution is 14.1. The van der Waals surface area contributed by atoms with Gasteiger partial charge >= 0.3 is 0 Å². The fourth-order valence-corrected chi connectivity index (χ4v) is 1.82. The summed E-state index contributed by atoms with van der Waals surface area (Å²) in [4.78, 5) is 7.98. The Morgan fingerprint density at radius 3 is 2.72 bits per heavy atom. The van der Waals surface area contributed by atoms with E-state index in [0.29, 0.717) is 23.9 Å². The van der Waals surface area contributed by atoms with Crippen LogP contribution < -0.4 is 15.2 Å². The molecule has 0 unspecified atom stereocenters. The minimum absolute atomic E-state index is 0.425. The van der Waals surface area contributed by atoms with Crippen LogP contribution in [0.3, 0.4) is 0 Å². The number of benzene rings is 1. The quantitative estimate of drug-likeness (QED) is 0.851. The molecular formula is C12H12IN3O2. The lowest BCUT2D eigenvalue weighted by molar-refractivity contribution is 0.406. The van der Waals surface area contributed by atoms with Crippen LogP contribution in [-0.4, -0.2) is 17.1 Å². The molecule has 0 atom stereocenters. The lowest BCUT2D eigenvalue weighted by Crippen LogP contribution is -1.99. The van der Waals surface area contributed by atoms with Gasteiger partial charge in [-0.3, -0.25) is 0 Å². The zero-order chi connectivity index (χ0) is 13.0. The first-order valence-corrected chi connectivity index (χ1v) is 6.32. The van der Waals surface area contributed by atoms with Gasteiger partial charge in [-0.25, -0.2) is 9.97 Å². The highest BCUT2D eigenvalue weighted by Crippen LogP contribution is 2.28. The molecule has 1 aromatic heterocycles. The highest BCUT2D eigenvalue weighted by atomic mass is 127. The molecule has 0 aliphatic rings. The molecule has 0 aliphatic carbocycles. The summed E-state index contributed by atoms with van der Waals surface area (Å²) in [5.74, 6) is 1.87. The molecule has 6 heteroatoms. The van der Waals surface area contributed by atoms with Crippen LogP contribution in [0.1, 0.15) is 5.56 Å². The number of hydrogen-bond acceptors (Lipinski definition) is 5. The largest absolute Gasteiger partial charge is 0.497 e. The highest BCUT2D eigenvalue weighted by Gasteiger charge is 2.06. The molecule has 0 radical (unpaired) electrons. The maximum absolute atomic E-state index is 5.70. The summed E-state index contributed by atoms with van der Waals surface area (Å²) in [5.41, 5.74) is 6.57. The molecule has 0 bridgehead atoms. The zero-order valence-electron chi connectivity index (χ0n) is 9.76. The Bertz CT molecular complexity index is 526. The summed E-state index contributed by atoms with van der Waals surface area (Å²) in [7, 11) is 1.61. The van der Waals surface area contributed by atoms with Crippen LogP contribution in [0.15, 0.2) is 30.7 Å². The smallest absolute Gasteiger partial charge is 0.235 e. The Balaban J connectivity index is 2.31. The molecule has 0 saturated heterocycles. The summed E-state index contributed by atoms with van der Waals surface area (Å²) in [6.45, 7) is 0.425. The van der Waals surface area contributed by atoms with Gasteiger partial charge in [-0.1, -0.05) is 0 Å². The van der Waals surface area contributed by atoms with E-state index in [9.17, 15) is 0 Å². The van der Waals surface area contributed by atoms with E-state index in [0.717, 1.165) is 9.13 Å². The van der Waals surface area contributed by atoms with Crippen molar-refractivity contribution in [2.24, 2.45) is 5.73 Å². The summed E-state index contributed by atoms with van der Waals surface area (Å²) in [6, 6.07) is 5.52. The molecular weight excluding hydrogens is 345 g/mol. The molecule has 2 aromatic rings. The van der Waals surface area contributed by atoms with Crippen LogP contribution in [0.5, 0.6) is 17.4 Å². The van der Waals surface area contributed by atoms with Gasteiger partial charge in [-0.2, -0.15) is 0 Å². The van der Waals surface area contributed by atoms with Gasteiger partial charge in [0, 0.05) is 18.8 Å². The van der Waals surface area contributed by atoms with Gasteiger partial charge < -0.3 is 15.2 Å². The van der Waals surface area contributed by atoms with Crippen molar-refractivity contribution in [1.82, 2.24) is 9.97 Å². The third-order valence-electron chi connectivity index (χ3n) is 2.26. The van der Waals surface area contributed by atoms with E-state index in [2.05, 4.69) is 32.6 Å². The lowest BCUT2D eigenvalue weighted by Gasteiger charge is -2.09. The van der Waals surface area contributed by atoms with Crippen LogP contribution in [0.2, 0.25) is 0 Å². The monoisotopic (exact) mass is 357 g/mol. The van der Waals surface area contributed by atoms with Crippen molar-refractivity contribution in [2.45, 2.75) is 6.54 Å². The number of hydrogen-bond donors (Lipinski definition) is 1. The minimum Gasteiger partial charge on any atom is -0.497 e. The molecule has 18 heavy (non-hydrogen) atoms. The van der Waals surface area contributed by atoms with E-state index in [1.807, 2.05) is 12.1 Å². The number of aromatic nitrogens is 2. The van der Waals surface area contributed by atoms with E-state index in [-0.39, 0.29) is 0 Å². The first-order valence-electron chi connectivity index (χ1n) is 5.24. The predicted molar refractivity (Wildman–Crippen MR) is 75.7 cm³/mol. The number of ether oxygens (including phenoxy) is 2. The topological polar surface area (TPSA) is 70.3 Å². The molecule has 1 heterocycles. The van der Waals surface area contributed by atoms with Crippen molar-refractivity contribution in [3.8, 4) is 17.4 Å². The van der Waals surface area contributed by atoms with Gasteiger partial charge in [0.25, 0.3) is 0 Å². The number of methoxy groups -OCH3 is 1. The van der Waals surface area contributed by atoms with Crippen LogP contribution >= 0.6 is 22.6 Å². The van der Waals surface area contributed by atoms with E-state index >= 15 is 0 Å². The molecule has 0 spiro atoms. The molecule has 5 nitrogen and oxygen atoms in total. The van der Waals surface area contributed by atoms with Crippen molar-refractivity contribution >= 4 is 22.6 Å². The standard InChI is InChI=1S/C12H12IN3O2/c1-17-9-2-8(5-14)3-10(4-9)18-12-11(13)6-15-7-16-12/h2-4,6-7H,5,14H2,1H3. The number of nitrogens with zero attached hydrogens (tertiary/aromatic N) is 2. The third-order valence-corrected chi connectivity index (χ3v) is 3.00. The third kappa shape index (κ3) is 3.08. The average molecular weight is 357 g/mol. The minimum atomic E-state index is 0.425. The number of nitrogens with two attached hydrogens (primary N) is 1. The second-order valence-corrected chi connectivity index (χ2v) is 4.66. The Morgan fingerprint density at radius 2 is 2.06 bits per heavy atom. The lowest BCUT2D eigenvalue weighted by atomic mass is 10.2. The fourth-order valence-electron chi connectivity index (χ4n) is 1.41. The van der Waals surface area contributed by atoms with Crippen molar-refractivity contribution in [2.75, 3.05) is 7.11 Å². The molecule has 94 valence electrons.